The van der Waals surface area contributed by atoms with Crippen molar-refractivity contribution in [3.63, 3.8) is 0 Å². The Balaban J connectivity index is 2.30. The molecule has 1 aromatic heterocycles. The number of anilines is 2. The number of aromatic nitrogens is 2. The summed E-state index contributed by atoms with van der Waals surface area (Å²) >= 11 is 8.12. The highest BCUT2D eigenvalue weighted by Crippen LogP contribution is 2.28. The first kappa shape index (κ1) is 11.8. The van der Waals surface area contributed by atoms with E-state index in [2.05, 4.69) is 27.1 Å². The Bertz CT molecular complexity index is 374. The van der Waals surface area contributed by atoms with Crippen molar-refractivity contribution < 1.29 is 0 Å². The summed E-state index contributed by atoms with van der Waals surface area (Å²) in [6.07, 6.45) is 1.66. The van der Waals surface area contributed by atoms with E-state index in [4.69, 9.17) is 11.6 Å². The fourth-order valence-electron chi connectivity index (χ4n) is 1.72. The predicted octanol–water partition coefficient (Wildman–Crippen LogP) is 2.11. The Kier molecular flexibility index (Phi) is 3.76. The summed E-state index contributed by atoms with van der Waals surface area (Å²) in [5.74, 6) is 3.70. The molecule has 1 aliphatic rings. The summed E-state index contributed by atoms with van der Waals surface area (Å²) in [6, 6.07) is 0.468. The van der Waals surface area contributed by atoms with Crippen LogP contribution in [0.5, 0.6) is 0 Å². The molecule has 1 saturated heterocycles. The molecule has 1 N–H and O–H groups in total. The average molecular weight is 259 g/mol. The van der Waals surface area contributed by atoms with E-state index in [1.165, 1.54) is 0 Å². The summed E-state index contributed by atoms with van der Waals surface area (Å²) in [5, 5.41) is 3.56. The van der Waals surface area contributed by atoms with E-state index < -0.39 is 0 Å². The molecule has 1 unspecified atom stereocenters. The molecule has 88 valence electrons. The van der Waals surface area contributed by atoms with E-state index >= 15 is 0 Å². The van der Waals surface area contributed by atoms with Crippen LogP contribution in [0.15, 0.2) is 6.20 Å². The first-order valence-corrected chi connectivity index (χ1v) is 6.80. The molecule has 4 nitrogen and oxygen atoms in total. The van der Waals surface area contributed by atoms with Crippen molar-refractivity contribution in [2.75, 3.05) is 35.3 Å². The number of hydrogen-bond donors (Lipinski definition) is 1. The second kappa shape index (κ2) is 5.10. The predicted molar refractivity (Wildman–Crippen MR) is 70.7 cm³/mol. The third kappa shape index (κ3) is 2.35. The Morgan fingerprint density at radius 1 is 1.62 bits per heavy atom. The molecule has 0 aromatic carbocycles. The van der Waals surface area contributed by atoms with Crippen molar-refractivity contribution >= 4 is 35.1 Å². The van der Waals surface area contributed by atoms with Crippen LogP contribution < -0.4 is 10.2 Å². The van der Waals surface area contributed by atoms with Gasteiger partial charge < -0.3 is 10.2 Å². The maximum absolute atomic E-state index is 6.15. The van der Waals surface area contributed by atoms with Crippen LogP contribution in [-0.4, -0.2) is 41.1 Å². The van der Waals surface area contributed by atoms with Crippen molar-refractivity contribution in [2.45, 2.75) is 13.0 Å². The van der Waals surface area contributed by atoms with Gasteiger partial charge in [-0.25, -0.2) is 4.98 Å². The highest BCUT2D eigenvalue weighted by molar-refractivity contribution is 7.99. The number of nitrogens with one attached hydrogen (secondary N) is 1. The third-order valence-electron chi connectivity index (χ3n) is 2.59. The Morgan fingerprint density at radius 2 is 2.44 bits per heavy atom. The van der Waals surface area contributed by atoms with Crippen LogP contribution in [-0.2, 0) is 0 Å². The lowest BCUT2D eigenvalue weighted by atomic mass is 10.3. The van der Waals surface area contributed by atoms with Crippen molar-refractivity contribution in [3.05, 3.63) is 11.2 Å². The largest absolute Gasteiger partial charge is 0.357 e. The van der Waals surface area contributed by atoms with E-state index in [0.717, 1.165) is 23.9 Å². The Hall–Kier alpha value is -0.680. The lowest BCUT2D eigenvalue weighted by molar-refractivity contribution is 0.689. The van der Waals surface area contributed by atoms with Gasteiger partial charge >= 0.3 is 0 Å². The van der Waals surface area contributed by atoms with E-state index in [1.807, 2.05) is 18.8 Å². The Labute approximate surface area is 105 Å². The van der Waals surface area contributed by atoms with Gasteiger partial charge in [-0.1, -0.05) is 11.6 Å². The van der Waals surface area contributed by atoms with Gasteiger partial charge in [0.15, 0.2) is 5.82 Å². The molecule has 16 heavy (non-hydrogen) atoms. The minimum atomic E-state index is 0.468. The number of halogens is 1. The summed E-state index contributed by atoms with van der Waals surface area (Å²) in [4.78, 5) is 10.8. The van der Waals surface area contributed by atoms with Crippen molar-refractivity contribution in [2.24, 2.45) is 0 Å². The van der Waals surface area contributed by atoms with E-state index in [1.54, 1.807) is 6.20 Å². The van der Waals surface area contributed by atoms with Gasteiger partial charge in [0.2, 0.25) is 5.95 Å². The number of hydrogen-bond acceptors (Lipinski definition) is 5. The zero-order valence-electron chi connectivity index (χ0n) is 9.40. The lowest BCUT2D eigenvalue weighted by Gasteiger charge is -2.34. The molecule has 0 bridgehead atoms. The zero-order chi connectivity index (χ0) is 11.5. The normalized spacial score (nSPS) is 20.9. The smallest absolute Gasteiger partial charge is 0.224 e. The molecule has 1 aliphatic heterocycles. The fourth-order valence-corrected chi connectivity index (χ4v) is 2.93. The van der Waals surface area contributed by atoms with Crippen molar-refractivity contribution in [1.82, 2.24) is 9.97 Å². The van der Waals surface area contributed by atoms with Gasteiger partial charge in [-0.15, -0.1) is 0 Å². The van der Waals surface area contributed by atoms with Gasteiger partial charge in [0.1, 0.15) is 5.02 Å². The van der Waals surface area contributed by atoms with Crippen molar-refractivity contribution in [3.8, 4) is 0 Å². The minimum Gasteiger partial charge on any atom is -0.357 e. The van der Waals surface area contributed by atoms with Gasteiger partial charge in [-0.3, -0.25) is 0 Å². The van der Waals surface area contributed by atoms with Gasteiger partial charge in [0, 0.05) is 31.1 Å². The van der Waals surface area contributed by atoms with Crippen LogP contribution in [0.4, 0.5) is 11.8 Å². The van der Waals surface area contributed by atoms with Crippen LogP contribution in [0.2, 0.25) is 5.02 Å². The summed E-state index contributed by atoms with van der Waals surface area (Å²) in [5.41, 5.74) is 0. The van der Waals surface area contributed by atoms with E-state index in [9.17, 15) is 0 Å². The van der Waals surface area contributed by atoms with Gasteiger partial charge in [-0.2, -0.15) is 16.7 Å². The zero-order valence-corrected chi connectivity index (χ0v) is 11.0. The number of nitrogens with zero attached hydrogens (tertiary/aromatic N) is 3. The molecule has 6 heteroatoms. The fraction of sp³-hybridized carbons (Fsp3) is 0.600. The van der Waals surface area contributed by atoms with Crippen LogP contribution in [0.25, 0.3) is 0 Å². The maximum Gasteiger partial charge on any atom is 0.224 e. The van der Waals surface area contributed by atoms with Crippen LogP contribution in [0.1, 0.15) is 6.92 Å². The quantitative estimate of drug-likeness (QED) is 0.880. The molecular formula is C10H15ClN4S. The first-order valence-electron chi connectivity index (χ1n) is 5.27. The number of thioether (sulfide) groups is 1. The Morgan fingerprint density at radius 3 is 3.12 bits per heavy atom. The molecule has 0 amide bonds. The molecule has 0 saturated carbocycles. The molecule has 0 aliphatic carbocycles. The van der Waals surface area contributed by atoms with Crippen LogP contribution in [0.3, 0.4) is 0 Å². The van der Waals surface area contributed by atoms with Gasteiger partial charge in [-0.05, 0) is 6.92 Å². The molecule has 1 fully saturated rings. The van der Waals surface area contributed by atoms with E-state index in [0.29, 0.717) is 17.0 Å². The third-order valence-corrected chi connectivity index (χ3v) is 4.04. The highest BCUT2D eigenvalue weighted by atomic mass is 35.5. The molecule has 1 aromatic rings. The molecular weight excluding hydrogens is 244 g/mol. The second-order valence-corrected chi connectivity index (χ2v) is 5.29. The SMILES string of the molecule is CNc1ncc(Cl)c(N2CCSCC2C)n1. The molecule has 2 heterocycles. The first-order chi connectivity index (χ1) is 7.72. The van der Waals surface area contributed by atoms with Crippen LogP contribution in [0, 0.1) is 0 Å². The second-order valence-electron chi connectivity index (χ2n) is 3.73. The highest BCUT2D eigenvalue weighted by Gasteiger charge is 2.22. The van der Waals surface area contributed by atoms with Gasteiger partial charge in [0.25, 0.3) is 0 Å². The van der Waals surface area contributed by atoms with Crippen molar-refractivity contribution in [1.29, 1.82) is 0 Å². The topological polar surface area (TPSA) is 41.1 Å². The lowest BCUT2D eigenvalue weighted by Crippen LogP contribution is -2.41. The summed E-state index contributed by atoms with van der Waals surface area (Å²) in [7, 11) is 1.81. The molecule has 1 atom stereocenters. The maximum atomic E-state index is 6.15. The minimum absolute atomic E-state index is 0.468. The molecule has 0 spiro atoms. The standard InChI is InChI=1S/C10H15ClN4S/c1-7-6-16-4-3-15(7)9-8(11)5-13-10(12-2)14-9/h5,7H,3-4,6H2,1-2H3,(H,12,13,14). The monoisotopic (exact) mass is 258 g/mol. The van der Waals surface area contributed by atoms with Gasteiger partial charge in [0.05, 0.1) is 6.20 Å². The summed E-state index contributed by atoms with van der Waals surface area (Å²) < 4.78 is 0. The molecule has 0 radical (unpaired) electrons. The number of rotatable bonds is 2. The summed E-state index contributed by atoms with van der Waals surface area (Å²) in [6.45, 7) is 3.19. The average Bonchev–Trinajstić information content (AvgIpc) is 2.31. The molecule has 2 rings (SSSR count). The van der Waals surface area contributed by atoms with E-state index in [-0.39, 0.29) is 0 Å². The van der Waals surface area contributed by atoms with Crippen LogP contribution >= 0.6 is 23.4 Å².